The minimum absolute atomic E-state index is 0.461. The van der Waals surface area contributed by atoms with Crippen LogP contribution in [0.25, 0.3) is 11.4 Å². The van der Waals surface area contributed by atoms with Crippen LogP contribution in [0.15, 0.2) is 36.7 Å². The monoisotopic (exact) mass is 269 g/mol. The van der Waals surface area contributed by atoms with Crippen LogP contribution in [0.1, 0.15) is 5.82 Å². The molecule has 104 valence electrons. The van der Waals surface area contributed by atoms with Crippen LogP contribution < -0.4 is 5.32 Å². The first-order valence-corrected chi connectivity index (χ1v) is 6.97. The van der Waals surface area contributed by atoms with Crippen molar-refractivity contribution in [2.45, 2.75) is 12.5 Å². The van der Waals surface area contributed by atoms with E-state index >= 15 is 0 Å². The Bertz CT molecular complexity index is 557. The molecule has 0 bridgehead atoms. The van der Waals surface area contributed by atoms with E-state index in [1.165, 1.54) is 0 Å². The van der Waals surface area contributed by atoms with E-state index in [1.54, 1.807) is 6.20 Å². The Morgan fingerprint density at radius 3 is 2.95 bits per heavy atom. The van der Waals surface area contributed by atoms with Gasteiger partial charge in [-0.3, -0.25) is 4.98 Å². The lowest BCUT2D eigenvalue weighted by Crippen LogP contribution is -2.50. The van der Waals surface area contributed by atoms with Gasteiger partial charge in [0.25, 0.3) is 0 Å². The van der Waals surface area contributed by atoms with Crippen LogP contribution in [0.2, 0.25) is 0 Å². The molecule has 0 amide bonds. The van der Waals surface area contributed by atoms with Gasteiger partial charge >= 0.3 is 0 Å². The third-order valence-electron chi connectivity index (χ3n) is 3.70. The summed E-state index contributed by atoms with van der Waals surface area (Å²) in [5.41, 5.74) is 1.79. The number of nitrogens with zero attached hydrogens (tertiary/aromatic N) is 4. The Kier molecular flexibility index (Phi) is 3.99. The predicted molar refractivity (Wildman–Crippen MR) is 78.3 cm³/mol. The molecule has 3 rings (SSSR count). The summed E-state index contributed by atoms with van der Waals surface area (Å²) in [6.07, 6.45) is 4.47. The largest absolute Gasteiger partial charge is 0.314 e. The highest BCUT2D eigenvalue weighted by Gasteiger charge is 2.20. The zero-order valence-electron chi connectivity index (χ0n) is 11.7. The molecule has 20 heavy (non-hydrogen) atoms. The van der Waals surface area contributed by atoms with Crippen LogP contribution >= 0.6 is 0 Å². The molecule has 1 aliphatic heterocycles. The normalized spacial score (nSPS) is 19.9. The number of hydrogen-bond acceptors (Lipinski definition) is 5. The molecule has 2 aromatic heterocycles. The van der Waals surface area contributed by atoms with Gasteiger partial charge in [-0.25, -0.2) is 9.97 Å². The quantitative estimate of drug-likeness (QED) is 0.900. The number of hydrogen-bond donors (Lipinski definition) is 1. The van der Waals surface area contributed by atoms with Crippen molar-refractivity contribution >= 4 is 0 Å². The van der Waals surface area contributed by atoms with Gasteiger partial charge in [0.2, 0.25) is 0 Å². The zero-order chi connectivity index (χ0) is 13.8. The highest BCUT2D eigenvalue weighted by atomic mass is 15.2. The van der Waals surface area contributed by atoms with Crippen LogP contribution in [-0.2, 0) is 6.42 Å². The fourth-order valence-electron chi connectivity index (χ4n) is 2.46. The Morgan fingerprint density at radius 1 is 1.20 bits per heavy atom. The number of aromatic nitrogens is 3. The van der Waals surface area contributed by atoms with E-state index in [1.807, 2.05) is 30.5 Å². The molecule has 1 aliphatic rings. The summed E-state index contributed by atoms with van der Waals surface area (Å²) in [5.74, 6) is 0.883. The van der Waals surface area contributed by atoms with E-state index in [0.717, 1.165) is 43.3 Å². The van der Waals surface area contributed by atoms with E-state index in [0.29, 0.717) is 6.04 Å². The molecule has 3 heterocycles. The molecule has 5 heteroatoms. The third kappa shape index (κ3) is 3.00. The summed E-state index contributed by atoms with van der Waals surface area (Å²) in [7, 11) is 2.16. The second-order valence-corrected chi connectivity index (χ2v) is 5.12. The Hall–Kier alpha value is -1.85. The third-order valence-corrected chi connectivity index (χ3v) is 3.70. The second-order valence-electron chi connectivity index (χ2n) is 5.12. The minimum atomic E-state index is 0.461. The fourth-order valence-corrected chi connectivity index (χ4v) is 2.46. The highest BCUT2D eigenvalue weighted by Crippen LogP contribution is 2.14. The van der Waals surface area contributed by atoms with Gasteiger partial charge in [-0.05, 0) is 25.2 Å². The lowest BCUT2D eigenvalue weighted by Gasteiger charge is -2.32. The number of rotatable bonds is 3. The molecular formula is C15H19N5. The van der Waals surface area contributed by atoms with Crippen LogP contribution in [-0.4, -0.2) is 52.6 Å². The molecule has 0 saturated carbocycles. The first-order valence-electron chi connectivity index (χ1n) is 6.97. The van der Waals surface area contributed by atoms with Crippen molar-refractivity contribution in [2.75, 3.05) is 26.7 Å². The van der Waals surface area contributed by atoms with E-state index in [4.69, 9.17) is 0 Å². The smallest absolute Gasteiger partial charge is 0.130 e. The number of nitrogens with one attached hydrogen (secondary N) is 1. The van der Waals surface area contributed by atoms with Gasteiger partial charge in [-0.1, -0.05) is 6.07 Å². The van der Waals surface area contributed by atoms with Gasteiger partial charge in [0.1, 0.15) is 5.82 Å². The van der Waals surface area contributed by atoms with Crippen molar-refractivity contribution in [2.24, 2.45) is 0 Å². The Labute approximate surface area is 119 Å². The van der Waals surface area contributed by atoms with Crippen LogP contribution in [0.3, 0.4) is 0 Å². The van der Waals surface area contributed by atoms with Gasteiger partial charge in [0, 0.05) is 44.5 Å². The number of likely N-dealkylation sites (N-methyl/N-ethyl adjacent to an activating group) is 1. The van der Waals surface area contributed by atoms with Crippen molar-refractivity contribution in [1.29, 1.82) is 0 Å². The van der Waals surface area contributed by atoms with Crippen molar-refractivity contribution in [3.05, 3.63) is 42.5 Å². The molecule has 1 saturated heterocycles. The van der Waals surface area contributed by atoms with Gasteiger partial charge in [0.15, 0.2) is 0 Å². The summed E-state index contributed by atoms with van der Waals surface area (Å²) < 4.78 is 0. The lowest BCUT2D eigenvalue weighted by molar-refractivity contribution is 0.197. The standard InChI is InChI=1S/C15H19N5/c1-20-9-8-16-11-12(20)10-15-18-7-5-14(19-15)13-4-2-3-6-17-13/h2-7,12,16H,8-11H2,1H3. The summed E-state index contributed by atoms with van der Waals surface area (Å²) in [6, 6.07) is 8.23. The average Bonchev–Trinajstić information content (AvgIpc) is 2.51. The molecule has 5 nitrogen and oxygen atoms in total. The van der Waals surface area contributed by atoms with Crippen LogP contribution in [0, 0.1) is 0 Å². The molecule has 0 spiro atoms. The van der Waals surface area contributed by atoms with Crippen molar-refractivity contribution in [3.8, 4) is 11.4 Å². The SMILES string of the molecule is CN1CCNCC1Cc1nccc(-c2ccccn2)n1. The maximum Gasteiger partial charge on any atom is 0.130 e. The molecular weight excluding hydrogens is 250 g/mol. The Balaban J connectivity index is 1.78. The molecule has 1 atom stereocenters. The molecule has 2 aromatic rings. The average molecular weight is 269 g/mol. The fraction of sp³-hybridized carbons (Fsp3) is 0.400. The number of piperazine rings is 1. The molecule has 0 radical (unpaired) electrons. The lowest BCUT2D eigenvalue weighted by atomic mass is 10.1. The minimum Gasteiger partial charge on any atom is -0.314 e. The topological polar surface area (TPSA) is 53.9 Å². The molecule has 0 aliphatic carbocycles. The van der Waals surface area contributed by atoms with Crippen molar-refractivity contribution < 1.29 is 0 Å². The first kappa shape index (κ1) is 13.1. The van der Waals surface area contributed by atoms with Gasteiger partial charge in [-0.2, -0.15) is 0 Å². The summed E-state index contributed by atoms with van der Waals surface area (Å²) in [5, 5.41) is 3.42. The summed E-state index contributed by atoms with van der Waals surface area (Å²) in [6.45, 7) is 3.13. The molecule has 1 N–H and O–H groups in total. The maximum atomic E-state index is 4.64. The van der Waals surface area contributed by atoms with E-state index < -0.39 is 0 Å². The number of pyridine rings is 1. The van der Waals surface area contributed by atoms with E-state index in [-0.39, 0.29) is 0 Å². The zero-order valence-corrected chi connectivity index (χ0v) is 11.7. The summed E-state index contributed by atoms with van der Waals surface area (Å²) in [4.78, 5) is 15.8. The second kappa shape index (κ2) is 6.07. The molecule has 0 aromatic carbocycles. The van der Waals surface area contributed by atoms with Crippen LogP contribution in [0.4, 0.5) is 0 Å². The van der Waals surface area contributed by atoms with E-state index in [2.05, 4.69) is 32.2 Å². The summed E-state index contributed by atoms with van der Waals surface area (Å²) >= 11 is 0. The van der Waals surface area contributed by atoms with Gasteiger partial charge < -0.3 is 10.2 Å². The highest BCUT2D eigenvalue weighted by molar-refractivity contribution is 5.52. The molecule has 1 unspecified atom stereocenters. The first-order chi connectivity index (χ1) is 9.83. The van der Waals surface area contributed by atoms with Crippen LogP contribution in [0.5, 0.6) is 0 Å². The van der Waals surface area contributed by atoms with Crippen molar-refractivity contribution in [1.82, 2.24) is 25.2 Å². The maximum absolute atomic E-state index is 4.64. The Morgan fingerprint density at radius 2 is 2.15 bits per heavy atom. The predicted octanol–water partition coefficient (Wildman–Crippen LogP) is 0.985. The van der Waals surface area contributed by atoms with Gasteiger partial charge in [0.05, 0.1) is 11.4 Å². The van der Waals surface area contributed by atoms with E-state index in [9.17, 15) is 0 Å². The van der Waals surface area contributed by atoms with Crippen molar-refractivity contribution in [3.63, 3.8) is 0 Å². The molecule has 1 fully saturated rings. The van der Waals surface area contributed by atoms with Gasteiger partial charge in [-0.15, -0.1) is 0 Å².